The lowest BCUT2D eigenvalue weighted by molar-refractivity contribution is -0.755. The van der Waals surface area contributed by atoms with Gasteiger partial charge in [-0.25, -0.2) is 0 Å². The lowest BCUT2D eigenvalue weighted by Gasteiger charge is -2.10. The highest BCUT2D eigenvalue weighted by atomic mass is 15.5. The number of rotatable bonds is 1. The van der Waals surface area contributed by atoms with E-state index in [-0.39, 0.29) is 0 Å². The molecule has 0 N–H and O–H groups in total. The molecule has 0 radical (unpaired) electrons. The summed E-state index contributed by atoms with van der Waals surface area (Å²) >= 11 is 0. The fourth-order valence-electron chi connectivity index (χ4n) is 2.11. The molecule has 90 valence electrons. The third-order valence-electron chi connectivity index (χ3n) is 3.78. The molecule has 0 amide bonds. The molecule has 0 bridgehead atoms. The summed E-state index contributed by atoms with van der Waals surface area (Å²) in [5, 5.41) is 4.53. The third-order valence-corrected chi connectivity index (χ3v) is 3.78. The molecule has 0 saturated heterocycles. The first-order valence-electron chi connectivity index (χ1n) is 5.89. The summed E-state index contributed by atoms with van der Waals surface area (Å²) in [5.74, 6) is 0. The van der Waals surface area contributed by atoms with Crippen molar-refractivity contribution in [2.24, 2.45) is 14.1 Å². The Bertz CT molecular complexity index is 560. The minimum Gasteiger partial charge on any atom is -0.163 e. The second-order valence-corrected chi connectivity index (χ2v) is 4.79. The highest BCUT2D eigenvalue weighted by Crippen LogP contribution is 2.27. The fourth-order valence-corrected chi connectivity index (χ4v) is 2.11. The van der Waals surface area contributed by atoms with Crippen LogP contribution in [0.5, 0.6) is 0 Å². The first kappa shape index (κ1) is 11.8. The Morgan fingerprint density at radius 3 is 2.24 bits per heavy atom. The SMILES string of the molecule is Cc1cc(-c2c[n+](C)n(C)n2)c(C)c(C)c1C. The van der Waals surface area contributed by atoms with Crippen LogP contribution < -0.4 is 4.68 Å². The minimum atomic E-state index is 1.04. The Balaban J connectivity index is 2.68. The largest absolute Gasteiger partial charge is 0.249 e. The fraction of sp³-hybridized carbons (Fsp3) is 0.429. The van der Waals surface area contributed by atoms with E-state index in [0.717, 1.165) is 5.69 Å². The molecule has 0 atom stereocenters. The van der Waals surface area contributed by atoms with Gasteiger partial charge in [-0.3, -0.25) is 0 Å². The van der Waals surface area contributed by atoms with E-state index in [1.165, 1.54) is 27.8 Å². The van der Waals surface area contributed by atoms with Crippen LogP contribution in [0.25, 0.3) is 11.3 Å². The third kappa shape index (κ3) is 1.86. The van der Waals surface area contributed by atoms with Crippen LogP contribution in [0.2, 0.25) is 0 Å². The molecule has 1 aromatic heterocycles. The van der Waals surface area contributed by atoms with Gasteiger partial charge < -0.3 is 0 Å². The molecule has 0 aliphatic carbocycles. The molecule has 2 aromatic rings. The van der Waals surface area contributed by atoms with Gasteiger partial charge in [0, 0.05) is 10.7 Å². The van der Waals surface area contributed by atoms with Gasteiger partial charge in [-0.05, 0) is 60.8 Å². The number of hydrogen-bond donors (Lipinski definition) is 0. The Morgan fingerprint density at radius 1 is 1.06 bits per heavy atom. The van der Waals surface area contributed by atoms with Crippen molar-refractivity contribution in [2.45, 2.75) is 27.7 Å². The van der Waals surface area contributed by atoms with Crippen LogP contribution in [-0.4, -0.2) is 9.90 Å². The van der Waals surface area contributed by atoms with Crippen molar-refractivity contribution < 1.29 is 4.68 Å². The second kappa shape index (κ2) is 3.99. The van der Waals surface area contributed by atoms with Gasteiger partial charge >= 0.3 is 0 Å². The molecule has 1 heterocycles. The summed E-state index contributed by atoms with van der Waals surface area (Å²) in [6.45, 7) is 8.70. The molecule has 3 nitrogen and oxygen atoms in total. The van der Waals surface area contributed by atoms with Crippen LogP contribution in [0, 0.1) is 27.7 Å². The van der Waals surface area contributed by atoms with Crippen LogP contribution in [0.15, 0.2) is 12.3 Å². The number of aromatic nitrogens is 3. The van der Waals surface area contributed by atoms with E-state index in [1.54, 1.807) is 0 Å². The van der Waals surface area contributed by atoms with Crippen LogP contribution in [-0.2, 0) is 14.1 Å². The lowest BCUT2D eigenvalue weighted by Crippen LogP contribution is -2.36. The average Bonchev–Trinajstić information content (AvgIpc) is 2.61. The molecule has 0 spiro atoms. The monoisotopic (exact) mass is 230 g/mol. The maximum atomic E-state index is 4.53. The van der Waals surface area contributed by atoms with Crippen molar-refractivity contribution in [1.29, 1.82) is 0 Å². The molecule has 0 aliphatic heterocycles. The van der Waals surface area contributed by atoms with Crippen molar-refractivity contribution in [3.05, 3.63) is 34.5 Å². The molecule has 2 rings (SSSR count). The number of nitrogens with zero attached hydrogens (tertiary/aromatic N) is 3. The van der Waals surface area contributed by atoms with Gasteiger partial charge in [-0.15, -0.1) is 0 Å². The molecule has 0 unspecified atom stereocenters. The van der Waals surface area contributed by atoms with E-state index in [4.69, 9.17) is 0 Å². The predicted molar refractivity (Wildman–Crippen MR) is 68.8 cm³/mol. The predicted octanol–water partition coefficient (Wildman–Crippen LogP) is 2.15. The zero-order valence-corrected chi connectivity index (χ0v) is 11.5. The quantitative estimate of drug-likeness (QED) is 0.688. The number of aryl methyl sites for hydroxylation is 3. The van der Waals surface area contributed by atoms with Gasteiger partial charge in [0.25, 0.3) is 0 Å². The summed E-state index contributed by atoms with van der Waals surface area (Å²) in [5.41, 5.74) is 7.68. The minimum absolute atomic E-state index is 1.04. The van der Waals surface area contributed by atoms with Crippen LogP contribution in [0.1, 0.15) is 22.3 Å². The Labute approximate surface area is 103 Å². The highest BCUT2D eigenvalue weighted by molar-refractivity contribution is 5.66. The summed E-state index contributed by atoms with van der Waals surface area (Å²) in [4.78, 5) is 1.85. The smallest absolute Gasteiger partial charge is 0.163 e. The normalized spacial score (nSPS) is 10.9. The van der Waals surface area contributed by atoms with Crippen LogP contribution in [0.4, 0.5) is 0 Å². The van der Waals surface area contributed by atoms with Crippen LogP contribution >= 0.6 is 0 Å². The van der Waals surface area contributed by atoms with Crippen molar-refractivity contribution in [1.82, 2.24) is 9.90 Å². The highest BCUT2D eigenvalue weighted by Gasteiger charge is 2.17. The zero-order valence-electron chi connectivity index (χ0n) is 11.5. The van der Waals surface area contributed by atoms with E-state index >= 15 is 0 Å². The first-order valence-corrected chi connectivity index (χ1v) is 5.89. The zero-order chi connectivity index (χ0) is 12.7. The van der Waals surface area contributed by atoms with Crippen molar-refractivity contribution >= 4 is 0 Å². The lowest BCUT2D eigenvalue weighted by atomic mass is 9.93. The van der Waals surface area contributed by atoms with Gasteiger partial charge in [0.1, 0.15) is 7.05 Å². The van der Waals surface area contributed by atoms with E-state index < -0.39 is 0 Å². The number of hydrogen-bond acceptors (Lipinski definition) is 1. The molecular formula is C14H20N3+. The van der Waals surface area contributed by atoms with Gasteiger partial charge in [-0.1, -0.05) is 0 Å². The topological polar surface area (TPSA) is 21.7 Å². The van der Waals surface area contributed by atoms with Gasteiger partial charge in [0.2, 0.25) is 5.69 Å². The van der Waals surface area contributed by atoms with E-state index in [0.29, 0.717) is 0 Å². The molecule has 3 heteroatoms. The molecule has 0 fully saturated rings. The second-order valence-electron chi connectivity index (χ2n) is 4.79. The summed E-state index contributed by atoms with van der Waals surface area (Å²) < 4.78 is 1.99. The van der Waals surface area contributed by atoms with Gasteiger partial charge in [-0.2, -0.15) is 4.68 Å². The van der Waals surface area contributed by atoms with E-state index in [2.05, 4.69) is 45.1 Å². The average molecular weight is 230 g/mol. The summed E-state index contributed by atoms with van der Waals surface area (Å²) in [6, 6.07) is 2.24. The van der Waals surface area contributed by atoms with Crippen molar-refractivity contribution in [3.63, 3.8) is 0 Å². The summed E-state index contributed by atoms with van der Waals surface area (Å²) in [7, 11) is 3.95. The van der Waals surface area contributed by atoms with E-state index in [1.807, 2.05) is 23.6 Å². The molecule has 1 aromatic carbocycles. The van der Waals surface area contributed by atoms with Crippen molar-refractivity contribution in [3.8, 4) is 11.3 Å². The Kier molecular flexibility index (Phi) is 2.77. The van der Waals surface area contributed by atoms with Crippen molar-refractivity contribution in [2.75, 3.05) is 0 Å². The molecular weight excluding hydrogens is 210 g/mol. The van der Waals surface area contributed by atoms with Crippen LogP contribution in [0.3, 0.4) is 0 Å². The van der Waals surface area contributed by atoms with Gasteiger partial charge in [0.05, 0.1) is 7.05 Å². The molecule has 17 heavy (non-hydrogen) atoms. The Morgan fingerprint density at radius 2 is 1.71 bits per heavy atom. The molecule has 0 saturated carbocycles. The molecule has 0 aliphatic rings. The number of benzene rings is 1. The Hall–Kier alpha value is -1.64. The first-order chi connectivity index (χ1) is 7.91. The standard InChI is InChI=1S/C14H20N3/c1-9-7-13(12(4)11(3)10(9)2)14-8-16(5)17(6)15-14/h7-8H,1-6H3/q+1. The maximum absolute atomic E-state index is 4.53. The van der Waals surface area contributed by atoms with Gasteiger partial charge in [0.15, 0.2) is 6.20 Å². The summed E-state index contributed by atoms with van der Waals surface area (Å²) in [6.07, 6.45) is 2.07. The van der Waals surface area contributed by atoms with E-state index in [9.17, 15) is 0 Å². The maximum Gasteiger partial charge on any atom is 0.249 e.